The Kier molecular flexibility index (Phi) is 7.34. The van der Waals surface area contributed by atoms with Gasteiger partial charge in [-0.05, 0) is 76.2 Å². The molecule has 0 amide bonds. The van der Waals surface area contributed by atoms with Gasteiger partial charge in [0.25, 0.3) is 5.56 Å². The highest BCUT2D eigenvalue weighted by Gasteiger charge is 2.23. The highest BCUT2D eigenvalue weighted by atomic mass is 16.5. The molecule has 1 aromatic carbocycles. The first-order valence-corrected chi connectivity index (χ1v) is 15.0. The molecule has 2 aliphatic rings. The number of fused-ring (bicyclic) bond motifs is 7. The van der Waals surface area contributed by atoms with E-state index < -0.39 is 0 Å². The number of aromatic nitrogens is 6. The molecule has 6 heterocycles. The van der Waals surface area contributed by atoms with Crippen LogP contribution >= 0.6 is 0 Å². The summed E-state index contributed by atoms with van der Waals surface area (Å²) in [5, 5.41) is 8.20. The van der Waals surface area contributed by atoms with Crippen LogP contribution in [-0.2, 0) is 11.3 Å². The van der Waals surface area contributed by atoms with Crippen LogP contribution in [0.1, 0.15) is 32.2 Å². The maximum Gasteiger partial charge on any atom is 0.278 e. The molecule has 12 heteroatoms. The van der Waals surface area contributed by atoms with Crippen molar-refractivity contribution in [2.45, 2.75) is 38.8 Å². The van der Waals surface area contributed by atoms with E-state index in [1.807, 2.05) is 12.1 Å². The molecule has 4 aromatic heterocycles. The molecule has 0 spiro atoms. The van der Waals surface area contributed by atoms with Gasteiger partial charge in [0.1, 0.15) is 12.0 Å². The van der Waals surface area contributed by atoms with Gasteiger partial charge >= 0.3 is 0 Å². The van der Waals surface area contributed by atoms with E-state index in [0.717, 1.165) is 43.4 Å². The molecule has 5 aromatic rings. The molecule has 2 N–H and O–H groups in total. The van der Waals surface area contributed by atoms with E-state index in [-0.39, 0.29) is 17.9 Å². The molecule has 44 heavy (non-hydrogen) atoms. The molecule has 0 aliphatic carbocycles. The van der Waals surface area contributed by atoms with Crippen LogP contribution in [0.2, 0.25) is 0 Å². The second kappa shape index (κ2) is 11.6. The Balaban J connectivity index is 1.26. The monoisotopic (exact) mass is 593 g/mol. The van der Waals surface area contributed by atoms with Crippen molar-refractivity contribution < 1.29 is 9.53 Å². The first-order valence-electron chi connectivity index (χ1n) is 15.0. The fourth-order valence-electron chi connectivity index (χ4n) is 6.01. The van der Waals surface area contributed by atoms with E-state index in [1.165, 1.54) is 12.4 Å². The van der Waals surface area contributed by atoms with Gasteiger partial charge in [-0.25, -0.2) is 19.3 Å². The number of benzene rings is 1. The molecule has 1 unspecified atom stereocenters. The summed E-state index contributed by atoms with van der Waals surface area (Å²) in [6.07, 6.45) is 10.7. The molecular weight excluding hydrogens is 558 g/mol. The van der Waals surface area contributed by atoms with Gasteiger partial charge in [0, 0.05) is 48.1 Å². The van der Waals surface area contributed by atoms with Crippen LogP contribution in [0.4, 0.5) is 17.5 Å². The minimum atomic E-state index is -0.207. The number of hydrogen-bond acceptors (Lipinski definition) is 9. The number of likely N-dealkylation sites (tertiary alicyclic amines) is 1. The van der Waals surface area contributed by atoms with Crippen LogP contribution in [0.25, 0.3) is 27.8 Å². The summed E-state index contributed by atoms with van der Waals surface area (Å²) >= 11 is 0. The predicted octanol–water partition coefficient (Wildman–Crippen LogP) is 4.28. The summed E-state index contributed by atoms with van der Waals surface area (Å²) in [6.45, 7) is 4.62. The number of nitrogens with one attached hydrogen (secondary N) is 2. The van der Waals surface area contributed by atoms with E-state index in [2.05, 4.69) is 62.6 Å². The molecule has 2 bridgehead atoms. The van der Waals surface area contributed by atoms with Gasteiger partial charge in [0.15, 0.2) is 28.8 Å². The van der Waals surface area contributed by atoms with Crippen molar-refractivity contribution in [1.29, 1.82) is 0 Å². The normalized spacial score (nSPS) is 17.9. The van der Waals surface area contributed by atoms with Crippen molar-refractivity contribution in [3.05, 3.63) is 71.3 Å². The lowest BCUT2D eigenvalue weighted by molar-refractivity contribution is -0.118. The number of nitrogens with zero attached hydrogens (tertiary/aromatic N) is 7. The van der Waals surface area contributed by atoms with Crippen molar-refractivity contribution in [2.75, 3.05) is 43.9 Å². The smallest absolute Gasteiger partial charge is 0.278 e. The lowest BCUT2D eigenvalue weighted by atomic mass is 10.2. The first-order chi connectivity index (χ1) is 21.4. The number of ketones is 1. The van der Waals surface area contributed by atoms with Crippen LogP contribution in [-0.4, -0.2) is 72.9 Å². The number of ether oxygens (including phenoxy) is 1. The third-order valence-corrected chi connectivity index (χ3v) is 8.19. The second-order valence-corrected chi connectivity index (χ2v) is 11.5. The summed E-state index contributed by atoms with van der Waals surface area (Å²) in [4.78, 5) is 41.6. The van der Waals surface area contributed by atoms with Crippen molar-refractivity contribution in [3.63, 3.8) is 0 Å². The molecule has 0 radical (unpaired) electrons. The molecular formula is C32H35N9O3. The van der Waals surface area contributed by atoms with Gasteiger partial charge in [-0.3, -0.25) is 9.59 Å². The molecule has 226 valence electrons. The summed E-state index contributed by atoms with van der Waals surface area (Å²) in [5.74, 6) is 1.76. The number of anilines is 3. The Hall–Kier alpha value is -4.97. The van der Waals surface area contributed by atoms with E-state index in [1.54, 1.807) is 27.7 Å². The van der Waals surface area contributed by atoms with Gasteiger partial charge in [-0.15, -0.1) is 0 Å². The zero-order chi connectivity index (χ0) is 30.2. The topological polar surface area (TPSA) is 124 Å². The van der Waals surface area contributed by atoms with Crippen LogP contribution in [0, 0.1) is 0 Å². The van der Waals surface area contributed by atoms with E-state index in [9.17, 15) is 9.59 Å². The summed E-state index contributed by atoms with van der Waals surface area (Å²) in [5.41, 5.74) is 2.28. The average Bonchev–Trinajstić information content (AvgIpc) is 3.70. The summed E-state index contributed by atoms with van der Waals surface area (Å²) < 4.78 is 11.4. The summed E-state index contributed by atoms with van der Waals surface area (Å²) in [6, 6.07) is 12.4. The maximum atomic E-state index is 13.6. The SMILES string of the molecule is CC(=O)COc1ccc2nc1NCCC/C=C\Cn1c(=O)c3cnc(Nc4ccc5c(ccn5C5CCN(C)C5)c4)nc3n1-2. The van der Waals surface area contributed by atoms with Crippen LogP contribution < -0.4 is 20.9 Å². The molecule has 7 rings (SSSR count). The standard InChI is InChI=1S/C32H35N9O3/c1-21(42)20-44-27-9-10-28-36-29(27)33-13-5-3-4-6-14-40-31(43)25-18-34-32(37-30(25)41(28)40)35-23-7-8-26-22(17-23)11-16-39(26)24-12-15-38(2)19-24/h4,6-11,16-18,24H,3,5,12-15,19-20H2,1-2H3,(H,33,36)(H,34,35,37)/b6-4-. The minimum Gasteiger partial charge on any atom is -0.482 e. The lowest BCUT2D eigenvalue weighted by Crippen LogP contribution is -2.22. The predicted molar refractivity (Wildman–Crippen MR) is 170 cm³/mol. The lowest BCUT2D eigenvalue weighted by Gasteiger charge is -2.16. The number of carbonyl (C=O) groups is 1. The van der Waals surface area contributed by atoms with Crippen LogP contribution in [0.15, 0.2) is 65.7 Å². The van der Waals surface area contributed by atoms with Gasteiger partial charge in [-0.1, -0.05) is 12.2 Å². The summed E-state index contributed by atoms with van der Waals surface area (Å²) in [7, 11) is 2.17. The largest absolute Gasteiger partial charge is 0.482 e. The third-order valence-electron chi connectivity index (χ3n) is 8.19. The Labute approximate surface area is 254 Å². The van der Waals surface area contributed by atoms with E-state index in [0.29, 0.717) is 53.5 Å². The van der Waals surface area contributed by atoms with E-state index >= 15 is 0 Å². The second-order valence-electron chi connectivity index (χ2n) is 11.5. The van der Waals surface area contributed by atoms with Crippen molar-refractivity contribution >= 4 is 45.2 Å². The Morgan fingerprint density at radius 1 is 1.16 bits per heavy atom. The molecule has 1 atom stereocenters. The zero-order valence-electron chi connectivity index (χ0n) is 24.9. The number of allylic oxidation sites excluding steroid dienone is 2. The number of hydrogen-bond donors (Lipinski definition) is 2. The van der Waals surface area contributed by atoms with E-state index in [4.69, 9.17) is 14.7 Å². The molecule has 12 nitrogen and oxygen atoms in total. The van der Waals surface area contributed by atoms with Gasteiger partial charge in [-0.2, -0.15) is 4.98 Å². The molecule has 0 saturated carbocycles. The van der Waals surface area contributed by atoms with Crippen LogP contribution in [0.3, 0.4) is 0 Å². The maximum absolute atomic E-state index is 13.6. The number of carbonyl (C=O) groups excluding carboxylic acids is 1. The number of likely N-dealkylation sites (N-methyl/N-ethyl adjacent to an activating group) is 1. The number of Topliss-reactive ketones (excluding diaryl/α,β-unsaturated/α-hetero) is 1. The minimum absolute atomic E-state index is 0.0493. The number of pyridine rings is 1. The van der Waals surface area contributed by atoms with Crippen molar-refractivity contribution in [3.8, 4) is 11.6 Å². The fraction of sp³-hybridized carbons (Fsp3) is 0.344. The van der Waals surface area contributed by atoms with Crippen LogP contribution in [0.5, 0.6) is 5.75 Å². The van der Waals surface area contributed by atoms with Gasteiger partial charge < -0.3 is 24.8 Å². The molecule has 1 saturated heterocycles. The quantitative estimate of drug-likeness (QED) is 0.278. The highest BCUT2D eigenvalue weighted by molar-refractivity contribution is 5.85. The molecule has 2 aliphatic heterocycles. The van der Waals surface area contributed by atoms with Crippen molar-refractivity contribution in [2.24, 2.45) is 0 Å². The van der Waals surface area contributed by atoms with Crippen molar-refractivity contribution in [1.82, 2.24) is 33.8 Å². The first kappa shape index (κ1) is 27.8. The average molecular weight is 594 g/mol. The van der Waals surface area contributed by atoms with Gasteiger partial charge in [0.2, 0.25) is 5.95 Å². The Morgan fingerprint density at radius 2 is 2.07 bits per heavy atom. The highest BCUT2D eigenvalue weighted by Crippen LogP contribution is 2.30. The third kappa shape index (κ3) is 5.32. The Morgan fingerprint density at radius 3 is 2.91 bits per heavy atom. The Bertz CT molecular complexity index is 1950. The van der Waals surface area contributed by atoms with Gasteiger partial charge in [0.05, 0.1) is 6.54 Å². The number of rotatable bonds is 6. The fourth-order valence-corrected chi connectivity index (χ4v) is 6.01. The zero-order valence-corrected chi connectivity index (χ0v) is 24.9. The molecule has 1 fully saturated rings.